The Bertz CT molecular complexity index is 633. The van der Waals surface area contributed by atoms with E-state index < -0.39 is 0 Å². The summed E-state index contributed by atoms with van der Waals surface area (Å²) in [7, 11) is 0. The van der Waals surface area contributed by atoms with Crippen molar-refractivity contribution in [2.45, 2.75) is 58.5 Å². The van der Waals surface area contributed by atoms with Crippen molar-refractivity contribution in [3.8, 4) is 5.75 Å². The van der Waals surface area contributed by atoms with Gasteiger partial charge in [0, 0.05) is 25.4 Å². The molecule has 1 aromatic carbocycles. The summed E-state index contributed by atoms with van der Waals surface area (Å²) in [5.41, 5.74) is 2.34. The van der Waals surface area contributed by atoms with E-state index in [0.29, 0.717) is 18.7 Å². The largest absolute Gasteiger partial charge is 0.493 e. The Morgan fingerprint density at radius 3 is 2.65 bits per heavy atom. The lowest BCUT2D eigenvalue weighted by atomic mass is 9.94. The highest BCUT2D eigenvalue weighted by atomic mass is 16.5. The van der Waals surface area contributed by atoms with Crippen LogP contribution in [-0.2, 0) is 6.42 Å². The number of nitrogens with zero attached hydrogens (tertiary/aromatic N) is 1. The number of aromatic nitrogens is 1. The highest BCUT2D eigenvalue weighted by molar-refractivity contribution is 5.29. The Hall–Kier alpha value is -1.81. The predicted molar refractivity (Wildman–Crippen MR) is 90.8 cm³/mol. The van der Waals surface area contributed by atoms with Gasteiger partial charge in [-0.05, 0) is 44.4 Å². The highest BCUT2D eigenvalue weighted by Crippen LogP contribution is 2.26. The molecule has 0 radical (unpaired) electrons. The maximum Gasteiger partial charge on any atom is 0.191 e. The molecule has 1 aliphatic heterocycles. The van der Waals surface area contributed by atoms with Gasteiger partial charge in [0.2, 0.25) is 0 Å². The maximum atomic E-state index is 5.84. The minimum atomic E-state index is 0.480. The molecule has 1 fully saturated rings. The molecule has 2 atom stereocenters. The van der Waals surface area contributed by atoms with Crippen LogP contribution >= 0.6 is 0 Å². The molecule has 0 amide bonds. The monoisotopic (exact) mass is 314 g/mol. The third-order valence-electron chi connectivity index (χ3n) is 4.51. The van der Waals surface area contributed by atoms with Crippen molar-refractivity contribution in [1.29, 1.82) is 0 Å². The molecule has 1 N–H and O–H groups in total. The van der Waals surface area contributed by atoms with Crippen LogP contribution in [0.25, 0.3) is 0 Å². The van der Waals surface area contributed by atoms with Crippen LogP contribution in [0.1, 0.15) is 55.1 Å². The normalized spacial score (nSPS) is 21.3. The standard InChI is InChI=1S/C19H26N2O2/c1-13-5-4-6-19(20-13)16-7-9-17(10-8-16)22-12-11-18-14(2)23-15(3)21-18/h7-10,13,19-20H,4-6,11-12H2,1-3H3. The Morgan fingerprint density at radius 1 is 1.22 bits per heavy atom. The van der Waals surface area contributed by atoms with Crippen molar-refractivity contribution in [2.24, 2.45) is 0 Å². The molecule has 0 spiro atoms. The number of benzene rings is 1. The smallest absolute Gasteiger partial charge is 0.191 e. The summed E-state index contributed by atoms with van der Waals surface area (Å²) in [6, 6.07) is 9.58. The van der Waals surface area contributed by atoms with E-state index in [4.69, 9.17) is 9.15 Å². The molecule has 4 nitrogen and oxygen atoms in total. The summed E-state index contributed by atoms with van der Waals surface area (Å²) in [5, 5.41) is 3.67. The Morgan fingerprint density at radius 2 is 2.00 bits per heavy atom. The Labute approximate surface area is 138 Å². The number of hydrogen-bond donors (Lipinski definition) is 1. The van der Waals surface area contributed by atoms with Crippen molar-refractivity contribution in [3.05, 3.63) is 47.2 Å². The van der Waals surface area contributed by atoms with Crippen molar-refractivity contribution in [3.63, 3.8) is 0 Å². The molecule has 2 heterocycles. The van der Waals surface area contributed by atoms with E-state index in [0.717, 1.165) is 29.5 Å². The second kappa shape index (κ2) is 7.18. The number of nitrogens with one attached hydrogen (secondary N) is 1. The first-order valence-electron chi connectivity index (χ1n) is 8.53. The summed E-state index contributed by atoms with van der Waals surface area (Å²) >= 11 is 0. The summed E-state index contributed by atoms with van der Waals surface area (Å²) in [4.78, 5) is 4.37. The second-order valence-corrected chi connectivity index (χ2v) is 6.45. The van der Waals surface area contributed by atoms with Gasteiger partial charge >= 0.3 is 0 Å². The van der Waals surface area contributed by atoms with Crippen LogP contribution in [0.3, 0.4) is 0 Å². The molecule has 23 heavy (non-hydrogen) atoms. The second-order valence-electron chi connectivity index (χ2n) is 6.45. The van der Waals surface area contributed by atoms with Gasteiger partial charge in [-0.2, -0.15) is 0 Å². The van der Waals surface area contributed by atoms with Gasteiger partial charge in [-0.1, -0.05) is 18.6 Å². The quantitative estimate of drug-likeness (QED) is 0.902. The van der Waals surface area contributed by atoms with Gasteiger partial charge in [-0.3, -0.25) is 0 Å². The number of rotatable bonds is 5. The van der Waals surface area contributed by atoms with Gasteiger partial charge in [-0.25, -0.2) is 4.98 Å². The van der Waals surface area contributed by atoms with Crippen LogP contribution < -0.4 is 10.1 Å². The zero-order chi connectivity index (χ0) is 16.2. The highest BCUT2D eigenvalue weighted by Gasteiger charge is 2.19. The van der Waals surface area contributed by atoms with Crippen LogP contribution in [0.4, 0.5) is 0 Å². The molecule has 124 valence electrons. The zero-order valence-corrected chi connectivity index (χ0v) is 14.3. The van der Waals surface area contributed by atoms with Crippen molar-refractivity contribution < 1.29 is 9.15 Å². The first-order valence-corrected chi connectivity index (χ1v) is 8.53. The van der Waals surface area contributed by atoms with E-state index in [2.05, 4.69) is 41.5 Å². The molecule has 0 saturated carbocycles. The summed E-state index contributed by atoms with van der Waals surface area (Å²) in [6.45, 7) is 6.70. The fourth-order valence-corrected chi connectivity index (χ4v) is 3.27. The Kier molecular flexibility index (Phi) is 5.01. The number of piperidine rings is 1. The van der Waals surface area contributed by atoms with Crippen molar-refractivity contribution in [1.82, 2.24) is 10.3 Å². The SMILES string of the molecule is Cc1nc(CCOc2ccc(C3CCCC(C)N3)cc2)c(C)o1. The van der Waals surface area contributed by atoms with E-state index in [1.807, 2.05) is 13.8 Å². The van der Waals surface area contributed by atoms with Crippen LogP contribution in [0, 0.1) is 13.8 Å². The third kappa shape index (κ3) is 4.14. The summed E-state index contributed by atoms with van der Waals surface area (Å²) < 4.78 is 11.3. The molecule has 1 saturated heterocycles. The molecule has 4 heteroatoms. The summed E-state index contributed by atoms with van der Waals surface area (Å²) in [5.74, 6) is 2.52. The molecule has 0 aliphatic carbocycles. The van der Waals surface area contributed by atoms with Gasteiger partial charge in [0.25, 0.3) is 0 Å². The maximum absolute atomic E-state index is 5.84. The van der Waals surface area contributed by atoms with E-state index in [1.165, 1.54) is 24.8 Å². The lowest BCUT2D eigenvalue weighted by molar-refractivity contribution is 0.318. The molecule has 1 aromatic heterocycles. The number of hydrogen-bond acceptors (Lipinski definition) is 4. The molecular formula is C19H26N2O2. The molecule has 2 unspecified atom stereocenters. The van der Waals surface area contributed by atoms with Gasteiger partial charge in [0.1, 0.15) is 11.5 Å². The molecule has 0 bridgehead atoms. The van der Waals surface area contributed by atoms with Crippen LogP contribution in [-0.4, -0.2) is 17.6 Å². The molecule has 3 rings (SSSR count). The summed E-state index contributed by atoms with van der Waals surface area (Å²) in [6.07, 6.45) is 4.56. The van der Waals surface area contributed by atoms with Crippen molar-refractivity contribution >= 4 is 0 Å². The van der Waals surface area contributed by atoms with Gasteiger partial charge < -0.3 is 14.5 Å². The topological polar surface area (TPSA) is 47.3 Å². The average molecular weight is 314 g/mol. The molecule has 2 aromatic rings. The predicted octanol–water partition coefficient (Wildman–Crippen LogP) is 4.12. The zero-order valence-electron chi connectivity index (χ0n) is 14.3. The van der Waals surface area contributed by atoms with Gasteiger partial charge in [0.15, 0.2) is 5.89 Å². The van der Waals surface area contributed by atoms with E-state index in [-0.39, 0.29) is 0 Å². The fraction of sp³-hybridized carbons (Fsp3) is 0.526. The van der Waals surface area contributed by atoms with Gasteiger partial charge in [0.05, 0.1) is 12.3 Å². The third-order valence-corrected chi connectivity index (χ3v) is 4.51. The van der Waals surface area contributed by atoms with Crippen molar-refractivity contribution in [2.75, 3.05) is 6.61 Å². The number of oxazole rings is 1. The van der Waals surface area contributed by atoms with E-state index in [1.54, 1.807) is 0 Å². The lowest BCUT2D eigenvalue weighted by Gasteiger charge is -2.29. The minimum absolute atomic E-state index is 0.480. The van der Waals surface area contributed by atoms with Crippen LogP contribution in [0.2, 0.25) is 0 Å². The Balaban J connectivity index is 1.52. The van der Waals surface area contributed by atoms with E-state index >= 15 is 0 Å². The molecular weight excluding hydrogens is 288 g/mol. The van der Waals surface area contributed by atoms with Crippen LogP contribution in [0.15, 0.2) is 28.7 Å². The molecule has 1 aliphatic rings. The minimum Gasteiger partial charge on any atom is -0.493 e. The first kappa shape index (κ1) is 16.1. The average Bonchev–Trinajstić information content (AvgIpc) is 2.86. The number of aryl methyl sites for hydroxylation is 2. The van der Waals surface area contributed by atoms with E-state index in [9.17, 15) is 0 Å². The van der Waals surface area contributed by atoms with Crippen LogP contribution in [0.5, 0.6) is 5.75 Å². The van der Waals surface area contributed by atoms with Gasteiger partial charge in [-0.15, -0.1) is 0 Å². The fourth-order valence-electron chi connectivity index (χ4n) is 3.27. The lowest BCUT2D eigenvalue weighted by Crippen LogP contribution is -2.34. The number of ether oxygens (including phenoxy) is 1. The first-order chi connectivity index (χ1) is 11.1.